The fraction of sp³-hybridized carbons (Fsp3) is 0.259. The number of hydrogen-bond donors (Lipinski definition) is 1. The van der Waals surface area contributed by atoms with Gasteiger partial charge in [0.1, 0.15) is 23.3 Å². The zero-order valence-electron chi connectivity index (χ0n) is 19.6. The Morgan fingerprint density at radius 3 is 2.56 bits per heavy atom. The summed E-state index contributed by atoms with van der Waals surface area (Å²) in [6.45, 7) is 6.51. The Kier molecular flexibility index (Phi) is 6.75. The summed E-state index contributed by atoms with van der Waals surface area (Å²) >= 11 is 1.42. The molecule has 0 aliphatic carbocycles. The molecule has 1 atom stereocenters. The molecule has 6 nitrogen and oxygen atoms in total. The minimum atomic E-state index is -0.749. The lowest BCUT2D eigenvalue weighted by molar-refractivity contribution is -0.132. The minimum Gasteiger partial charge on any atom is -0.507 e. The maximum atomic E-state index is 13.3. The van der Waals surface area contributed by atoms with Crippen LogP contribution in [0.3, 0.4) is 0 Å². The van der Waals surface area contributed by atoms with Crippen molar-refractivity contribution in [1.29, 1.82) is 0 Å². The summed E-state index contributed by atoms with van der Waals surface area (Å²) in [4.78, 5) is 28.7. The number of amides is 1. The fourth-order valence-corrected chi connectivity index (χ4v) is 4.99. The molecule has 1 aliphatic rings. The number of ether oxygens (including phenoxy) is 2. The molecule has 2 aromatic carbocycles. The summed E-state index contributed by atoms with van der Waals surface area (Å²) in [5, 5.41) is 13.3. The minimum absolute atomic E-state index is 0.0640. The average molecular weight is 478 g/mol. The molecule has 1 saturated heterocycles. The quantitative estimate of drug-likeness (QED) is 0.260. The van der Waals surface area contributed by atoms with Crippen LogP contribution in [0.25, 0.3) is 5.76 Å². The number of methoxy groups -OCH3 is 1. The number of nitrogens with zero attached hydrogens (tertiary/aromatic N) is 1. The third-order valence-corrected chi connectivity index (χ3v) is 6.72. The molecular formula is C27H27NO5S. The second kappa shape index (κ2) is 9.73. The molecule has 0 spiro atoms. The monoisotopic (exact) mass is 477 g/mol. The molecule has 34 heavy (non-hydrogen) atoms. The van der Waals surface area contributed by atoms with Crippen molar-refractivity contribution in [3.8, 4) is 11.5 Å². The van der Waals surface area contributed by atoms with Gasteiger partial charge in [0.15, 0.2) is 0 Å². The first-order valence-electron chi connectivity index (χ1n) is 11.1. The molecule has 0 radical (unpaired) electrons. The molecule has 1 N–H and O–H groups in total. The Balaban J connectivity index is 1.90. The molecule has 176 valence electrons. The number of anilines is 1. The normalized spacial score (nSPS) is 17.4. The lowest BCUT2D eigenvalue weighted by Gasteiger charge is -2.24. The van der Waals surface area contributed by atoms with Crippen LogP contribution < -0.4 is 14.4 Å². The molecule has 7 heteroatoms. The predicted octanol–water partition coefficient (Wildman–Crippen LogP) is 5.91. The summed E-state index contributed by atoms with van der Waals surface area (Å²) in [7, 11) is 1.54. The van der Waals surface area contributed by atoms with Crippen molar-refractivity contribution in [2.75, 3.05) is 18.6 Å². The number of aliphatic hydroxyl groups is 1. The van der Waals surface area contributed by atoms with Gasteiger partial charge in [-0.1, -0.05) is 26.0 Å². The van der Waals surface area contributed by atoms with Crippen LogP contribution in [0.2, 0.25) is 0 Å². The molecule has 1 unspecified atom stereocenters. The Hall–Kier alpha value is -3.58. The molecule has 3 aromatic rings. The lowest BCUT2D eigenvalue weighted by atomic mass is 9.95. The zero-order chi connectivity index (χ0) is 24.4. The van der Waals surface area contributed by atoms with Crippen molar-refractivity contribution < 1.29 is 24.2 Å². The number of hydrogen-bond acceptors (Lipinski definition) is 6. The second-order valence-electron chi connectivity index (χ2n) is 8.23. The van der Waals surface area contributed by atoms with E-state index in [-0.39, 0.29) is 17.3 Å². The Morgan fingerprint density at radius 2 is 1.91 bits per heavy atom. The number of carbonyl (C=O) groups is 2. The molecule has 1 aliphatic heterocycles. The predicted molar refractivity (Wildman–Crippen MR) is 134 cm³/mol. The van der Waals surface area contributed by atoms with E-state index in [1.807, 2.05) is 44.4 Å². The first kappa shape index (κ1) is 23.6. The number of Topliss-reactive ketones (excluding diaryl/α,β-unsaturated/α-hetero) is 1. The SMILES string of the molecule is CCOc1ccc(/C(O)=C2/C(=O)C(=O)N(c3cccc(OC)c3)C2c2cccs2)cc1C(C)C. The van der Waals surface area contributed by atoms with E-state index < -0.39 is 17.7 Å². The molecule has 0 bridgehead atoms. The number of aliphatic hydroxyl groups excluding tert-OH is 1. The molecule has 1 aromatic heterocycles. The van der Waals surface area contributed by atoms with Crippen molar-refractivity contribution in [2.45, 2.75) is 32.7 Å². The number of benzene rings is 2. The van der Waals surface area contributed by atoms with Crippen LogP contribution >= 0.6 is 11.3 Å². The van der Waals surface area contributed by atoms with Gasteiger partial charge in [0.05, 0.1) is 19.3 Å². The van der Waals surface area contributed by atoms with Crippen molar-refractivity contribution in [2.24, 2.45) is 0 Å². The number of thiophene rings is 1. The topological polar surface area (TPSA) is 76.1 Å². The molecule has 1 amide bonds. The lowest BCUT2D eigenvalue weighted by Crippen LogP contribution is -2.29. The van der Waals surface area contributed by atoms with E-state index in [4.69, 9.17) is 9.47 Å². The first-order chi connectivity index (χ1) is 16.4. The van der Waals surface area contributed by atoms with Gasteiger partial charge in [0.2, 0.25) is 0 Å². The third-order valence-electron chi connectivity index (χ3n) is 5.79. The van der Waals surface area contributed by atoms with E-state index >= 15 is 0 Å². The van der Waals surface area contributed by atoms with Crippen molar-refractivity contribution in [3.05, 3.63) is 81.6 Å². The van der Waals surface area contributed by atoms with Gasteiger partial charge in [-0.2, -0.15) is 0 Å². The number of rotatable bonds is 7. The fourth-order valence-electron chi connectivity index (χ4n) is 4.16. The van der Waals surface area contributed by atoms with Crippen LogP contribution in [0.1, 0.15) is 48.7 Å². The van der Waals surface area contributed by atoms with E-state index in [0.29, 0.717) is 23.6 Å². The second-order valence-corrected chi connectivity index (χ2v) is 9.21. The van der Waals surface area contributed by atoms with Crippen LogP contribution in [-0.2, 0) is 9.59 Å². The summed E-state index contributed by atoms with van der Waals surface area (Å²) < 4.78 is 11.1. The highest BCUT2D eigenvalue weighted by atomic mass is 32.1. The highest BCUT2D eigenvalue weighted by molar-refractivity contribution is 7.10. The van der Waals surface area contributed by atoms with Gasteiger partial charge in [0, 0.05) is 22.2 Å². The summed E-state index contributed by atoms with van der Waals surface area (Å²) in [5.41, 5.74) is 1.97. The van der Waals surface area contributed by atoms with Crippen molar-refractivity contribution in [1.82, 2.24) is 0 Å². The van der Waals surface area contributed by atoms with E-state index in [1.165, 1.54) is 16.2 Å². The molecule has 2 heterocycles. The van der Waals surface area contributed by atoms with Gasteiger partial charge < -0.3 is 14.6 Å². The Labute approximate surface area is 203 Å². The highest BCUT2D eigenvalue weighted by Crippen LogP contribution is 2.44. The smallest absolute Gasteiger partial charge is 0.300 e. The standard InChI is InChI=1S/C27H27NO5S/c1-5-33-21-12-11-17(14-20(21)16(2)3)25(29)23-24(22-10-7-13-34-22)28(27(31)26(23)30)18-8-6-9-19(15-18)32-4/h6-16,24,29H,5H2,1-4H3/b25-23-. The van der Waals surface area contributed by atoms with Gasteiger partial charge in [-0.05, 0) is 60.2 Å². The largest absolute Gasteiger partial charge is 0.507 e. The van der Waals surface area contributed by atoms with Crippen LogP contribution in [0.5, 0.6) is 11.5 Å². The first-order valence-corrected chi connectivity index (χ1v) is 12.0. The summed E-state index contributed by atoms with van der Waals surface area (Å²) in [6.07, 6.45) is 0. The number of carbonyl (C=O) groups excluding carboxylic acids is 2. The zero-order valence-corrected chi connectivity index (χ0v) is 20.4. The van der Waals surface area contributed by atoms with Crippen LogP contribution in [-0.4, -0.2) is 30.5 Å². The maximum absolute atomic E-state index is 13.3. The highest BCUT2D eigenvalue weighted by Gasteiger charge is 2.47. The summed E-state index contributed by atoms with van der Waals surface area (Å²) in [5.74, 6) is -0.172. The van der Waals surface area contributed by atoms with E-state index in [0.717, 1.165) is 16.2 Å². The van der Waals surface area contributed by atoms with E-state index in [1.54, 1.807) is 43.5 Å². The van der Waals surface area contributed by atoms with Gasteiger partial charge in [-0.15, -0.1) is 11.3 Å². The Morgan fingerprint density at radius 1 is 1.12 bits per heavy atom. The number of ketones is 1. The Bertz CT molecular complexity index is 1250. The van der Waals surface area contributed by atoms with Gasteiger partial charge in [-0.25, -0.2) is 0 Å². The summed E-state index contributed by atoms with van der Waals surface area (Å²) in [6, 6.07) is 15.3. The molecular weight excluding hydrogens is 450 g/mol. The van der Waals surface area contributed by atoms with E-state index in [2.05, 4.69) is 0 Å². The van der Waals surface area contributed by atoms with Crippen LogP contribution in [0.4, 0.5) is 5.69 Å². The van der Waals surface area contributed by atoms with Crippen molar-refractivity contribution in [3.63, 3.8) is 0 Å². The molecule has 4 rings (SSSR count). The average Bonchev–Trinajstić information content (AvgIpc) is 3.46. The van der Waals surface area contributed by atoms with Crippen LogP contribution in [0, 0.1) is 0 Å². The molecule has 0 saturated carbocycles. The third kappa shape index (κ3) is 4.19. The van der Waals surface area contributed by atoms with Gasteiger partial charge in [0.25, 0.3) is 11.7 Å². The van der Waals surface area contributed by atoms with Gasteiger partial charge in [-0.3, -0.25) is 14.5 Å². The van der Waals surface area contributed by atoms with Gasteiger partial charge >= 0.3 is 0 Å². The molecule has 1 fully saturated rings. The maximum Gasteiger partial charge on any atom is 0.300 e. The van der Waals surface area contributed by atoms with Crippen molar-refractivity contribution >= 4 is 34.5 Å². The van der Waals surface area contributed by atoms with E-state index in [9.17, 15) is 14.7 Å². The van der Waals surface area contributed by atoms with Crippen LogP contribution in [0.15, 0.2) is 65.6 Å².